The summed E-state index contributed by atoms with van der Waals surface area (Å²) in [5.41, 5.74) is -0.726. The Hall–Kier alpha value is -3.67. The van der Waals surface area contributed by atoms with Gasteiger partial charge in [0.05, 0.1) is 30.5 Å². The SMILES string of the molecule is COc1ccc(NC(=O)c2nc3nc(-c4cccs4)cc(C(F)(F)F)n3n2)c(OC)c1. The average Bonchev–Trinajstić information content (AvgIpc) is 3.42. The fourth-order valence-corrected chi connectivity index (χ4v) is 3.48. The lowest BCUT2D eigenvalue weighted by Gasteiger charge is -2.10. The third-order valence-corrected chi connectivity index (χ3v) is 5.13. The minimum absolute atomic E-state index is 0.0889. The number of hydrogen-bond acceptors (Lipinski definition) is 7. The van der Waals surface area contributed by atoms with E-state index in [-0.39, 0.29) is 17.2 Å². The summed E-state index contributed by atoms with van der Waals surface area (Å²) in [5, 5.41) is 7.98. The van der Waals surface area contributed by atoms with Crippen LogP contribution in [0.25, 0.3) is 16.3 Å². The number of aromatic nitrogens is 4. The molecule has 3 heterocycles. The molecule has 0 saturated carbocycles. The van der Waals surface area contributed by atoms with E-state index in [0.717, 1.165) is 6.07 Å². The second-order valence-electron chi connectivity index (χ2n) is 6.17. The number of alkyl halides is 3. The van der Waals surface area contributed by atoms with Gasteiger partial charge in [-0.15, -0.1) is 16.4 Å². The number of nitrogens with zero attached hydrogens (tertiary/aromatic N) is 4. The van der Waals surface area contributed by atoms with Crippen molar-refractivity contribution in [1.29, 1.82) is 0 Å². The Morgan fingerprint density at radius 2 is 1.94 bits per heavy atom. The number of amides is 1. The Morgan fingerprint density at radius 1 is 1.13 bits per heavy atom. The number of fused-ring (bicyclic) bond motifs is 1. The van der Waals surface area contributed by atoms with Crippen molar-refractivity contribution in [3.63, 3.8) is 0 Å². The van der Waals surface area contributed by atoms with E-state index in [2.05, 4.69) is 20.4 Å². The number of carbonyl (C=O) groups excluding carboxylic acids is 1. The number of rotatable bonds is 5. The van der Waals surface area contributed by atoms with Crippen molar-refractivity contribution < 1.29 is 27.4 Å². The van der Waals surface area contributed by atoms with Gasteiger partial charge >= 0.3 is 6.18 Å². The number of carbonyl (C=O) groups is 1. The quantitative estimate of drug-likeness (QED) is 0.493. The first-order chi connectivity index (χ1) is 14.8. The molecule has 1 amide bonds. The number of halogens is 3. The first-order valence-corrected chi connectivity index (χ1v) is 9.60. The highest BCUT2D eigenvalue weighted by Gasteiger charge is 2.36. The normalized spacial score (nSPS) is 11.5. The number of ether oxygens (including phenoxy) is 2. The van der Waals surface area contributed by atoms with E-state index >= 15 is 0 Å². The molecule has 0 unspecified atom stereocenters. The van der Waals surface area contributed by atoms with Crippen LogP contribution in [0.2, 0.25) is 0 Å². The maximum absolute atomic E-state index is 13.6. The summed E-state index contributed by atoms with van der Waals surface area (Å²) in [6, 6.07) is 8.88. The molecule has 0 radical (unpaired) electrons. The third-order valence-electron chi connectivity index (χ3n) is 4.24. The number of nitrogens with one attached hydrogen (secondary N) is 1. The first kappa shape index (κ1) is 20.6. The summed E-state index contributed by atoms with van der Waals surface area (Å²) < 4.78 is 51.7. The molecule has 0 bridgehead atoms. The molecule has 4 aromatic rings. The second-order valence-corrected chi connectivity index (χ2v) is 7.12. The minimum atomic E-state index is -4.73. The van der Waals surface area contributed by atoms with Crippen LogP contribution in [0.5, 0.6) is 11.5 Å². The second kappa shape index (κ2) is 7.87. The van der Waals surface area contributed by atoms with Crippen molar-refractivity contribution in [1.82, 2.24) is 19.6 Å². The van der Waals surface area contributed by atoms with Gasteiger partial charge in [0.25, 0.3) is 11.7 Å². The largest absolute Gasteiger partial charge is 0.497 e. The van der Waals surface area contributed by atoms with Crippen LogP contribution in [0.15, 0.2) is 41.8 Å². The predicted octanol–water partition coefficient (Wildman–Crippen LogP) is 4.14. The molecule has 3 aromatic heterocycles. The molecule has 1 N–H and O–H groups in total. The van der Waals surface area contributed by atoms with Crippen LogP contribution in [0.4, 0.5) is 18.9 Å². The summed E-state index contributed by atoms with van der Waals surface area (Å²) in [6.45, 7) is 0. The summed E-state index contributed by atoms with van der Waals surface area (Å²) >= 11 is 1.24. The van der Waals surface area contributed by atoms with Gasteiger partial charge in [0.15, 0.2) is 5.69 Å². The van der Waals surface area contributed by atoms with Crippen LogP contribution in [0.3, 0.4) is 0 Å². The zero-order valence-electron chi connectivity index (χ0n) is 16.1. The van der Waals surface area contributed by atoms with Crippen LogP contribution in [0.1, 0.15) is 16.3 Å². The van der Waals surface area contributed by atoms with Crippen molar-refractivity contribution >= 4 is 28.7 Å². The number of thiophene rings is 1. The molecule has 0 spiro atoms. The fraction of sp³-hybridized carbons (Fsp3) is 0.158. The lowest BCUT2D eigenvalue weighted by atomic mass is 10.2. The van der Waals surface area contributed by atoms with E-state index < -0.39 is 23.6 Å². The molecule has 0 fully saturated rings. The predicted molar refractivity (Wildman–Crippen MR) is 107 cm³/mol. The Bertz CT molecular complexity index is 1250. The summed E-state index contributed by atoms with van der Waals surface area (Å²) in [6.07, 6.45) is -4.73. The van der Waals surface area contributed by atoms with Gasteiger partial charge in [0.2, 0.25) is 5.82 Å². The van der Waals surface area contributed by atoms with Gasteiger partial charge in [0, 0.05) is 6.07 Å². The van der Waals surface area contributed by atoms with Gasteiger partial charge < -0.3 is 14.8 Å². The smallest absolute Gasteiger partial charge is 0.433 e. The molecular formula is C19H14F3N5O3S. The van der Waals surface area contributed by atoms with Crippen molar-refractivity contribution in [2.24, 2.45) is 0 Å². The van der Waals surface area contributed by atoms with Crippen molar-refractivity contribution in [3.8, 4) is 22.1 Å². The zero-order chi connectivity index (χ0) is 22.2. The highest BCUT2D eigenvalue weighted by molar-refractivity contribution is 7.13. The molecule has 0 aliphatic rings. The van der Waals surface area contributed by atoms with Crippen molar-refractivity contribution in [3.05, 3.63) is 53.3 Å². The van der Waals surface area contributed by atoms with E-state index in [1.165, 1.54) is 31.6 Å². The Labute approximate surface area is 177 Å². The number of benzene rings is 1. The van der Waals surface area contributed by atoms with Crippen molar-refractivity contribution in [2.75, 3.05) is 19.5 Å². The molecule has 0 aliphatic heterocycles. The van der Waals surface area contributed by atoms with Gasteiger partial charge in [-0.05, 0) is 29.6 Å². The van der Waals surface area contributed by atoms with Crippen LogP contribution in [-0.4, -0.2) is 39.7 Å². The van der Waals surface area contributed by atoms with Gasteiger partial charge in [-0.2, -0.15) is 22.7 Å². The maximum Gasteiger partial charge on any atom is 0.433 e. The highest BCUT2D eigenvalue weighted by atomic mass is 32.1. The standard InChI is InChI=1S/C19H14F3N5O3S/c1-29-10-5-6-11(13(8-10)30-2)23-17(28)16-25-18-24-12(14-4-3-7-31-14)9-15(19(20,21)22)27(18)26-16/h3-9H,1-2H3,(H,23,28). The third kappa shape index (κ3) is 4.01. The van der Waals surface area contributed by atoms with Crippen LogP contribution in [0, 0.1) is 0 Å². The lowest BCUT2D eigenvalue weighted by molar-refractivity contribution is -0.142. The van der Waals surface area contributed by atoms with E-state index in [0.29, 0.717) is 20.9 Å². The number of anilines is 1. The maximum atomic E-state index is 13.6. The first-order valence-electron chi connectivity index (χ1n) is 8.72. The number of hydrogen-bond donors (Lipinski definition) is 1. The van der Waals surface area contributed by atoms with E-state index in [1.54, 1.807) is 29.6 Å². The fourth-order valence-electron chi connectivity index (χ4n) is 2.80. The molecular weight excluding hydrogens is 435 g/mol. The van der Waals surface area contributed by atoms with Crippen LogP contribution < -0.4 is 14.8 Å². The van der Waals surface area contributed by atoms with Gasteiger partial charge in [0.1, 0.15) is 11.5 Å². The minimum Gasteiger partial charge on any atom is -0.497 e. The molecule has 0 aliphatic carbocycles. The molecule has 0 saturated heterocycles. The van der Waals surface area contributed by atoms with Gasteiger partial charge in [-0.1, -0.05) is 6.07 Å². The Balaban J connectivity index is 1.74. The Morgan fingerprint density at radius 3 is 2.58 bits per heavy atom. The number of methoxy groups -OCH3 is 2. The summed E-state index contributed by atoms with van der Waals surface area (Å²) in [5.74, 6) is -0.838. The van der Waals surface area contributed by atoms with Gasteiger partial charge in [-0.25, -0.2) is 4.98 Å². The molecule has 31 heavy (non-hydrogen) atoms. The van der Waals surface area contributed by atoms with E-state index in [9.17, 15) is 18.0 Å². The van der Waals surface area contributed by atoms with E-state index in [1.807, 2.05) is 0 Å². The van der Waals surface area contributed by atoms with Crippen LogP contribution >= 0.6 is 11.3 Å². The lowest BCUT2D eigenvalue weighted by Crippen LogP contribution is -2.16. The topological polar surface area (TPSA) is 90.6 Å². The van der Waals surface area contributed by atoms with Gasteiger partial charge in [-0.3, -0.25) is 4.79 Å². The zero-order valence-corrected chi connectivity index (χ0v) is 16.9. The summed E-state index contributed by atoms with van der Waals surface area (Å²) in [7, 11) is 2.88. The van der Waals surface area contributed by atoms with Crippen LogP contribution in [-0.2, 0) is 6.18 Å². The molecule has 1 aromatic carbocycles. The highest BCUT2D eigenvalue weighted by Crippen LogP contribution is 2.33. The van der Waals surface area contributed by atoms with E-state index in [4.69, 9.17) is 9.47 Å². The molecule has 0 atom stereocenters. The molecule has 8 nitrogen and oxygen atoms in total. The molecule has 12 heteroatoms. The molecule has 160 valence electrons. The average molecular weight is 449 g/mol. The monoisotopic (exact) mass is 449 g/mol. The molecule has 4 rings (SSSR count). The summed E-state index contributed by atoms with van der Waals surface area (Å²) in [4.78, 5) is 21.2. The van der Waals surface area contributed by atoms with Crippen molar-refractivity contribution in [2.45, 2.75) is 6.18 Å². The Kier molecular flexibility index (Phi) is 5.23.